The summed E-state index contributed by atoms with van der Waals surface area (Å²) in [5.41, 5.74) is 0.338. The molecule has 1 aromatic heterocycles. The summed E-state index contributed by atoms with van der Waals surface area (Å²) in [6.07, 6.45) is 1.75. The van der Waals surface area contributed by atoms with E-state index < -0.39 is 27.9 Å². The molecule has 1 atom stereocenters. The van der Waals surface area contributed by atoms with E-state index in [2.05, 4.69) is 15.0 Å². The summed E-state index contributed by atoms with van der Waals surface area (Å²) in [7, 11) is -3.92. The van der Waals surface area contributed by atoms with E-state index in [1.807, 2.05) is 0 Å². The zero-order valence-electron chi connectivity index (χ0n) is 11.4. The van der Waals surface area contributed by atoms with Crippen molar-refractivity contribution in [3.63, 3.8) is 0 Å². The average molecular weight is 319 g/mol. The molecular formula is C14H13N3O4S. The van der Waals surface area contributed by atoms with Crippen molar-refractivity contribution in [2.75, 3.05) is 0 Å². The third kappa shape index (κ3) is 2.70. The van der Waals surface area contributed by atoms with Gasteiger partial charge in [-0.2, -0.15) is 4.72 Å². The van der Waals surface area contributed by atoms with Crippen LogP contribution in [0.15, 0.2) is 41.4 Å². The number of benzene rings is 1. The van der Waals surface area contributed by atoms with Crippen molar-refractivity contribution in [3.8, 4) is 0 Å². The van der Waals surface area contributed by atoms with Gasteiger partial charge in [0, 0.05) is 18.0 Å². The highest BCUT2D eigenvalue weighted by Crippen LogP contribution is 2.21. The number of aromatic nitrogens is 1. The number of fused-ring (bicyclic) bond motifs is 1. The van der Waals surface area contributed by atoms with Crippen LogP contribution >= 0.6 is 0 Å². The van der Waals surface area contributed by atoms with Gasteiger partial charge in [0.2, 0.25) is 21.8 Å². The van der Waals surface area contributed by atoms with Crippen LogP contribution in [0, 0.1) is 0 Å². The van der Waals surface area contributed by atoms with Gasteiger partial charge in [-0.25, -0.2) is 8.42 Å². The first-order valence-electron chi connectivity index (χ1n) is 6.67. The van der Waals surface area contributed by atoms with Crippen LogP contribution in [0.4, 0.5) is 0 Å². The minimum atomic E-state index is -3.92. The maximum atomic E-state index is 12.5. The minimum Gasteiger partial charge on any atom is -0.295 e. The SMILES string of the molecule is O=C1CC[C@@H](NS(=O)(=O)c2cccc3cccnc23)C(=O)N1. The molecule has 1 saturated heterocycles. The summed E-state index contributed by atoms with van der Waals surface area (Å²) in [5, 5.41) is 2.81. The van der Waals surface area contributed by atoms with Crippen molar-refractivity contribution in [1.29, 1.82) is 0 Å². The van der Waals surface area contributed by atoms with Crippen LogP contribution in [-0.2, 0) is 19.6 Å². The average Bonchev–Trinajstić information content (AvgIpc) is 2.49. The highest BCUT2D eigenvalue weighted by atomic mass is 32.2. The van der Waals surface area contributed by atoms with Crippen molar-refractivity contribution >= 4 is 32.7 Å². The lowest BCUT2D eigenvalue weighted by Gasteiger charge is -2.21. The van der Waals surface area contributed by atoms with Crippen molar-refractivity contribution in [2.24, 2.45) is 0 Å². The fourth-order valence-electron chi connectivity index (χ4n) is 2.35. The molecule has 2 aromatic rings. The molecule has 1 aromatic carbocycles. The van der Waals surface area contributed by atoms with Crippen molar-refractivity contribution < 1.29 is 18.0 Å². The van der Waals surface area contributed by atoms with Gasteiger partial charge in [0.05, 0.1) is 5.52 Å². The smallest absolute Gasteiger partial charge is 0.244 e. The molecule has 3 rings (SSSR count). The van der Waals surface area contributed by atoms with Crippen LogP contribution in [-0.4, -0.2) is 31.3 Å². The Labute approximate surface area is 126 Å². The number of hydrogen-bond acceptors (Lipinski definition) is 5. The molecule has 0 unspecified atom stereocenters. The molecule has 0 spiro atoms. The van der Waals surface area contributed by atoms with Gasteiger partial charge in [-0.05, 0) is 18.6 Å². The van der Waals surface area contributed by atoms with Crippen molar-refractivity contribution in [3.05, 3.63) is 36.5 Å². The molecule has 114 valence electrons. The Kier molecular flexibility index (Phi) is 3.63. The van der Waals surface area contributed by atoms with E-state index in [1.54, 1.807) is 24.3 Å². The van der Waals surface area contributed by atoms with E-state index >= 15 is 0 Å². The zero-order chi connectivity index (χ0) is 15.7. The first kappa shape index (κ1) is 14.6. The summed E-state index contributed by atoms with van der Waals surface area (Å²) in [4.78, 5) is 26.9. The van der Waals surface area contributed by atoms with E-state index in [4.69, 9.17) is 0 Å². The molecule has 2 amide bonds. The fourth-order valence-corrected chi connectivity index (χ4v) is 3.76. The van der Waals surface area contributed by atoms with Gasteiger partial charge < -0.3 is 0 Å². The Balaban J connectivity index is 1.95. The third-order valence-corrected chi connectivity index (χ3v) is 4.93. The molecule has 0 radical (unpaired) electrons. The summed E-state index contributed by atoms with van der Waals surface area (Å²) >= 11 is 0. The number of imide groups is 1. The molecular weight excluding hydrogens is 306 g/mol. The third-order valence-electron chi connectivity index (χ3n) is 3.42. The van der Waals surface area contributed by atoms with Crippen molar-refractivity contribution in [2.45, 2.75) is 23.8 Å². The second-order valence-electron chi connectivity index (χ2n) is 4.96. The molecule has 8 heteroatoms. The van der Waals surface area contributed by atoms with E-state index in [0.29, 0.717) is 10.9 Å². The number of carbonyl (C=O) groups is 2. The number of sulfonamides is 1. The van der Waals surface area contributed by atoms with Crippen LogP contribution in [0.2, 0.25) is 0 Å². The summed E-state index contributed by atoms with van der Waals surface area (Å²) in [6, 6.07) is 7.32. The number of nitrogens with zero attached hydrogens (tertiary/aromatic N) is 1. The molecule has 22 heavy (non-hydrogen) atoms. The van der Waals surface area contributed by atoms with E-state index in [1.165, 1.54) is 12.3 Å². The number of piperidine rings is 1. The maximum Gasteiger partial charge on any atom is 0.244 e. The summed E-state index contributed by atoms with van der Waals surface area (Å²) < 4.78 is 27.4. The van der Waals surface area contributed by atoms with E-state index in [9.17, 15) is 18.0 Å². The number of rotatable bonds is 3. The van der Waals surface area contributed by atoms with E-state index in [-0.39, 0.29) is 17.7 Å². The second kappa shape index (κ2) is 5.47. The lowest BCUT2D eigenvalue weighted by atomic mass is 10.1. The number of nitrogens with one attached hydrogen (secondary N) is 2. The van der Waals surface area contributed by atoms with Crippen LogP contribution in [0.5, 0.6) is 0 Å². The number of pyridine rings is 1. The fraction of sp³-hybridized carbons (Fsp3) is 0.214. The highest BCUT2D eigenvalue weighted by Gasteiger charge is 2.31. The molecule has 0 saturated carbocycles. The molecule has 2 heterocycles. The first-order valence-corrected chi connectivity index (χ1v) is 8.15. The van der Waals surface area contributed by atoms with Gasteiger partial charge in [0.25, 0.3) is 0 Å². The van der Waals surface area contributed by atoms with Gasteiger partial charge >= 0.3 is 0 Å². The Bertz CT molecular complexity index is 858. The second-order valence-corrected chi connectivity index (χ2v) is 6.64. The zero-order valence-corrected chi connectivity index (χ0v) is 12.3. The lowest BCUT2D eigenvalue weighted by molar-refractivity contribution is -0.134. The Morgan fingerprint density at radius 2 is 1.95 bits per heavy atom. The van der Waals surface area contributed by atoms with Crippen LogP contribution < -0.4 is 10.0 Å². The molecule has 2 N–H and O–H groups in total. The van der Waals surface area contributed by atoms with Crippen LogP contribution in [0.25, 0.3) is 10.9 Å². The molecule has 0 bridgehead atoms. The largest absolute Gasteiger partial charge is 0.295 e. The van der Waals surface area contributed by atoms with Gasteiger partial charge in [-0.15, -0.1) is 0 Å². The normalized spacial score (nSPS) is 19.2. The maximum absolute atomic E-state index is 12.5. The molecule has 1 aliphatic rings. The Hall–Kier alpha value is -2.32. The van der Waals surface area contributed by atoms with Gasteiger partial charge in [-0.1, -0.05) is 18.2 Å². The number of para-hydroxylation sites is 1. The predicted octanol–water partition coefficient (Wildman–Crippen LogP) is 0.318. The van der Waals surface area contributed by atoms with Crippen LogP contribution in [0.3, 0.4) is 0 Å². The number of hydrogen-bond donors (Lipinski definition) is 2. The molecule has 7 nitrogen and oxygen atoms in total. The van der Waals surface area contributed by atoms with Gasteiger partial charge in [0.15, 0.2) is 0 Å². The lowest BCUT2D eigenvalue weighted by Crippen LogP contribution is -2.52. The van der Waals surface area contributed by atoms with Gasteiger partial charge in [-0.3, -0.25) is 19.9 Å². The van der Waals surface area contributed by atoms with Crippen molar-refractivity contribution in [1.82, 2.24) is 15.0 Å². The molecule has 1 aliphatic heterocycles. The summed E-state index contributed by atoms with van der Waals surface area (Å²) in [5.74, 6) is -1.03. The van der Waals surface area contributed by atoms with Gasteiger partial charge in [0.1, 0.15) is 10.9 Å². The van der Waals surface area contributed by atoms with E-state index in [0.717, 1.165) is 0 Å². The topological polar surface area (TPSA) is 105 Å². The quantitative estimate of drug-likeness (QED) is 0.793. The first-order chi connectivity index (χ1) is 10.5. The van der Waals surface area contributed by atoms with Crippen LogP contribution in [0.1, 0.15) is 12.8 Å². The number of amides is 2. The Morgan fingerprint density at radius 1 is 1.18 bits per heavy atom. The standard InChI is InChI=1S/C14H13N3O4S/c18-12-7-6-10(14(19)16-12)17-22(20,21)11-5-1-3-9-4-2-8-15-13(9)11/h1-5,8,10,17H,6-7H2,(H,16,18,19)/t10-/m1/s1. The monoisotopic (exact) mass is 319 g/mol. The number of carbonyl (C=O) groups excluding carboxylic acids is 2. The predicted molar refractivity (Wildman–Crippen MR) is 78.2 cm³/mol. The highest BCUT2D eigenvalue weighted by molar-refractivity contribution is 7.89. The summed E-state index contributed by atoms with van der Waals surface area (Å²) in [6.45, 7) is 0. The Morgan fingerprint density at radius 3 is 2.73 bits per heavy atom. The molecule has 0 aliphatic carbocycles. The minimum absolute atomic E-state index is 0.00954. The molecule has 1 fully saturated rings.